The van der Waals surface area contributed by atoms with E-state index in [2.05, 4.69) is 23.1 Å². The molecule has 0 radical (unpaired) electrons. The highest BCUT2D eigenvalue weighted by atomic mass is 15.3. The first-order valence-electron chi connectivity index (χ1n) is 5.39. The van der Waals surface area contributed by atoms with Crippen molar-refractivity contribution in [3.63, 3.8) is 0 Å². The van der Waals surface area contributed by atoms with Crippen molar-refractivity contribution < 1.29 is 0 Å². The number of para-hydroxylation sites is 1. The summed E-state index contributed by atoms with van der Waals surface area (Å²) in [4.78, 5) is 4.36. The van der Waals surface area contributed by atoms with Gasteiger partial charge in [-0.25, -0.2) is 4.98 Å². The van der Waals surface area contributed by atoms with Crippen molar-refractivity contribution in [2.45, 2.75) is 6.92 Å². The Bertz CT molecular complexity index is 692. The lowest BCUT2D eigenvalue weighted by molar-refractivity contribution is 0.767. The standard InChI is InChI=1S/C12H13N5/c1-8-4-3-5-10-11(8)17(12(13)15-10)9-6-14-16(2)7-9/h3-7H,1-2H3,(H2,13,15). The molecule has 0 aliphatic heterocycles. The smallest absolute Gasteiger partial charge is 0.206 e. The lowest BCUT2D eigenvalue weighted by Crippen LogP contribution is -2.00. The zero-order chi connectivity index (χ0) is 12.0. The summed E-state index contributed by atoms with van der Waals surface area (Å²) in [6.45, 7) is 2.05. The number of nitrogen functional groups attached to an aromatic ring is 1. The molecular formula is C12H13N5. The highest BCUT2D eigenvalue weighted by molar-refractivity contribution is 5.83. The number of anilines is 1. The molecule has 2 N–H and O–H groups in total. The first-order valence-corrected chi connectivity index (χ1v) is 5.39. The van der Waals surface area contributed by atoms with Crippen LogP contribution in [0.25, 0.3) is 16.7 Å². The number of fused-ring (bicyclic) bond motifs is 1. The molecule has 5 nitrogen and oxygen atoms in total. The van der Waals surface area contributed by atoms with Gasteiger partial charge in [-0.05, 0) is 18.6 Å². The van der Waals surface area contributed by atoms with Crippen LogP contribution >= 0.6 is 0 Å². The quantitative estimate of drug-likeness (QED) is 0.687. The van der Waals surface area contributed by atoms with Crippen LogP contribution in [-0.4, -0.2) is 19.3 Å². The molecule has 0 aliphatic carbocycles. The highest BCUT2D eigenvalue weighted by Gasteiger charge is 2.12. The topological polar surface area (TPSA) is 61.7 Å². The van der Waals surface area contributed by atoms with Crippen LogP contribution in [-0.2, 0) is 7.05 Å². The number of aromatic nitrogens is 4. The molecule has 5 heteroatoms. The van der Waals surface area contributed by atoms with E-state index in [-0.39, 0.29) is 0 Å². The SMILES string of the molecule is Cc1cccc2nc(N)n(-c3cnn(C)c3)c12. The minimum atomic E-state index is 0.488. The summed E-state index contributed by atoms with van der Waals surface area (Å²) in [5.74, 6) is 0.488. The summed E-state index contributed by atoms with van der Waals surface area (Å²) in [5.41, 5.74) is 10.0. The van der Waals surface area contributed by atoms with Crippen molar-refractivity contribution in [1.29, 1.82) is 0 Å². The molecule has 17 heavy (non-hydrogen) atoms. The van der Waals surface area contributed by atoms with Crippen molar-refractivity contribution in [1.82, 2.24) is 19.3 Å². The molecule has 3 rings (SSSR count). The molecule has 2 heterocycles. The van der Waals surface area contributed by atoms with Gasteiger partial charge in [-0.1, -0.05) is 12.1 Å². The number of rotatable bonds is 1. The Morgan fingerprint density at radius 3 is 2.82 bits per heavy atom. The summed E-state index contributed by atoms with van der Waals surface area (Å²) in [6, 6.07) is 6.00. The van der Waals surface area contributed by atoms with Gasteiger partial charge in [0.1, 0.15) is 0 Å². The van der Waals surface area contributed by atoms with Gasteiger partial charge in [-0.15, -0.1) is 0 Å². The van der Waals surface area contributed by atoms with E-state index in [0.717, 1.165) is 22.3 Å². The van der Waals surface area contributed by atoms with Crippen LogP contribution < -0.4 is 5.73 Å². The second-order valence-corrected chi connectivity index (χ2v) is 4.12. The third-order valence-electron chi connectivity index (χ3n) is 2.85. The fraction of sp³-hybridized carbons (Fsp3) is 0.167. The van der Waals surface area contributed by atoms with Crippen molar-refractivity contribution in [3.05, 3.63) is 36.2 Å². The molecule has 0 fully saturated rings. The highest BCUT2D eigenvalue weighted by Crippen LogP contribution is 2.25. The average molecular weight is 227 g/mol. The molecule has 3 aromatic rings. The number of hydrogen-bond acceptors (Lipinski definition) is 3. The number of hydrogen-bond donors (Lipinski definition) is 1. The molecule has 0 unspecified atom stereocenters. The summed E-state index contributed by atoms with van der Waals surface area (Å²) in [7, 11) is 1.88. The van der Waals surface area contributed by atoms with Gasteiger partial charge in [0, 0.05) is 13.2 Å². The number of aryl methyl sites for hydroxylation is 2. The molecule has 2 aromatic heterocycles. The van der Waals surface area contributed by atoms with Gasteiger partial charge in [-0.3, -0.25) is 9.25 Å². The maximum absolute atomic E-state index is 5.98. The monoisotopic (exact) mass is 227 g/mol. The maximum atomic E-state index is 5.98. The summed E-state index contributed by atoms with van der Waals surface area (Å²) in [5, 5.41) is 4.16. The van der Waals surface area contributed by atoms with E-state index < -0.39 is 0 Å². The summed E-state index contributed by atoms with van der Waals surface area (Å²) in [6.07, 6.45) is 3.70. The lowest BCUT2D eigenvalue weighted by atomic mass is 10.2. The van der Waals surface area contributed by atoms with Crippen LogP contribution in [0.4, 0.5) is 5.95 Å². The molecule has 0 spiro atoms. The first kappa shape index (κ1) is 9.89. The van der Waals surface area contributed by atoms with Crippen LogP contribution in [0.2, 0.25) is 0 Å². The van der Waals surface area contributed by atoms with E-state index >= 15 is 0 Å². The normalized spacial score (nSPS) is 11.2. The summed E-state index contributed by atoms with van der Waals surface area (Å²) >= 11 is 0. The summed E-state index contributed by atoms with van der Waals surface area (Å²) < 4.78 is 3.68. The molecule has 0 aliphatic rings. The number of imidazole rings is 1. The van der Waals surface area contributed by atoms with Crippen LogP contribution in [0.3, 0.4) is 0 Å². The predicted molar refractivity (Wildman–Crippen MR) is 67.0 cm³/mol. The van der Waals surface area contributed by atoms with Crippen LogP contribution in [0.15, 0.2) is 30.6 Å². The van der Waals surface area contributed by atoms with E-state index in [1.807, 2.05) is 29.9 Å². The minimum Gasteiger partial charge on any atom is -0.369 e. The fourth-order valence-electron chi connectivity index (χ4n) is 2.10. The Kier molecular flexibility index (Phi) is 1.95. The van der Waals surface area contributed by atoms with Crippen LogP contribution in [0.5, 0.6) is 0 Å². The van der Waals surface area contributed by atoms with Gasteiger partial charge in [-0.2, -0.15) is 5.10 Å². The largest absolute Gasteiger partial charge is 0.369 e. The molecule has 0 saturated heterocycles. The second-order valence-electron chi connectivity index (χ2n) is 4.12. The molecule has 1 aromatic carbocycles. The Hall–Kier alpha value is -2.30. The Morgan fingerprint density at radius 1 is 1.29 bits per heavy atom. The van der Waals surface area contributed by atoms with Gasteiger partial charge in [0.05, 0.1) is 22.9 Å². The Balaban J connectivity index is 2.39. The van der Waals surface area contributed by atoms with Gasteiger partial charge < -0.3 is 5.73 Å². The van der Waals surface area contributed by atoms with Crippen LogP contribution in [0.1, 0.15) is 5.56 Å². The van der Waals surface area contributed by atoms with Gasteiger partial charge in [0.25, 0.3) is 0 Å². The van der Waals surface area contributed by atoms with Gasteiger partial charge in [0.15, 0.2) is 0 Å². The number of nitrogens with two attached hydrogens (primary N) is 1. The Morgan fingerprint density at radius 2 is 2.12 bits per heavy atom. The van der Waals surface area contributed by atoms with E-state index in [0.29, 0.717) is 5.95 Å². The van der Waals surface area contributed by atoms with Crippen molar-refractivity contribution in [2.24, 2.45) is 7.05 Å². The van der Waals surface area contributed by atoms with E-state index in [1.165, 1.54) is 0 Å². The third-order valence-corrected chi connectivity index (χ3v) is 2.85. The zero-order valence-electron chi connectivity index (χ0n) is 9.75. The lowest BCUT2D eigenvalue weighted by Gasteiger charge is -2.04. The predicted octanol–water partition coefficient (Wildman–Crippen LogP) is 1.65. The van der Waals surface area contributed by atoms with Gasteiger partial charge >= 0.3 is 0 Å². The zero-order valence-corrected chi connectivity index (χ0v) is 9.75. The molecule has 0 atom stereocenters. The molecular weight excluding hydrogens is 214 g/mol. The van der Waals surface area contributed by atoms with E-state index in [4.69, 9.17) is 5.73 Å². The number of nitrogens with zero attached hydrogens (tertiary/aromatic N) is 4. The fourth-order valence-corrected chi connectivity index (χ4v) is 2.10. The van der Waals surface area contributed by atoms with E-state index in [9.17, 15) is 0 Å². The first-order chi connectivity index (χ1) is 8.16. The van der Waals surface area contributed by atoms with Gasteiger partial charge in [0.2, 0.25) is 5.95 Å². The molecule has 0 saturated carbocycles. The second kappa shape index (κ2) is 3.35. The Labute approximate surface area is 98.5 Å². The maximum Gasteiger partial charge on any atom is 0.206 e. The molecule has 86 valence electrons. The van der Waals surface area contributed by atoms with Crippen molar-refractivity contribution >= 4 is 17.0 Å². The minimum absolute atomic E-state index is 0.488. The average Bonchev–Trinajstić information content (AvgIpc) is 2.82. The molecule has 0 bridgehead atoms. The van der Waals surface area contributed by atoms with Crippen molar-refractivity contribution in [3.8, 4) is 5.69 Å². The third kappa shape index (κ3) is 1.39. The van der Waals surface area contributed by atoms with Crippen molar-refractivity contribution in [2.75, 3.05) is 5.73 Å². The number of benzene rings is 1. The van der Waals surface area contributed by atoms with E-state index in [1.54, 1.807) is 10.9 Å². The van der Waals surface area contributed by atoms with Crippen LogP contribution in [0, 0.1) is 6.92 Å². The molecule has 0 amide bonds.